The molecule has 0 saturated carbocycles. The molecule has 0 fully saturated rings. The third-order valence-corrected chi connectivity index (χ3v) is 2.59. The number of hydrazine groups is 1. The molecule has 0 radical (unpaired) electrons. The minimum atomic E-state index is 0.243. The van der Waals surface area contributed by atoms with E-state index in [1.807, 2.05) is 13.0 Å². The predicted octanol–water partition coefficient (Wildman–Crippen LogP) is 0.251. The van der Waals surface area contributed by atoms with Gasteiger partial charge in [-0.3, -0.25) is 9.99 Å². The lowest BCUT2D eigenvalue weighted by Gasteiger charge is -2.07. The summed E-state index contributed by atoms with van der Waals surface area (Å²) in [6.45, 7) is 2.25. The van der Waals surface area contributed by atoms with Gasteiger partial charge in [0, 0.05) is 18.5 Å². The number of imidazole rings is 1. The third-order valence-electron chi connectivity index (χ3n) is 2.59. The average molecular weight is 287 g/mol. The SMILES string of the molecule is Cc1cc(CNc2nc(NN)nc(-n3ccnc3)n2)no1. The smallest absolute Gasteiger partial charge is 0.243 e. The van der Waals surface area contributed by atoms with Crippen LogP contribution in [0, 0.1) is 6.92 Å². The molecule has 0 atom stereocenters. The van der Waals surface area contributed by atoms with Crippen LogP contribution in [0.15, 0.2) is 29.3 Å². The fourth-order valence-electron chi connectivity index (χ4n) is 1.67. The quantitative estimate of drug-likeness (QED) is 0.446. The molecule has 0 aromatic carbocycles. The van der Waals surface area contributed by atoms with Crippen molar-refractivity contribution in [2.45, 2.75) is 13.5 Å². The molecule has 0 amide bonds. The first-order valence-corrected chi connectivity index (χ1v) is 6.11. The fraction of sp³-hybridized carbons (Fsp3) is 0.182. The second-order valence-corrected chi connectivity index (χ2v) is 4.18. The Morgan fingerprint density at radius 1 is 1.29 bits per heavy atom. The minimum Gasteiger partial charge on any atom is -0.361 e. The van der Waals surface area contributed by atoms with Crippen LogP contribution in [0.2, 0.25) is 0 Å². The Morgan fingerprint density at radius 3 is 2.81 bits per heavy atom. The van der Waals surface area contributed by atoms with Crippen molar-refractivity contribution in [1.82, 2.24) is 29.7 Å². The van der Waals surface area contributed by atoms with Gasteiger partial charge in [0.2, 0.25) is 17.8 Å². The highest BCUT2D eigenvalue weighted by Gasteiger charge is 2.08. The van der Waals surface area contributed by atoms with E-state index in [1.54, 1.807) is 23.3 Å². The summed E-state index contributed by atoms with van der Waals surface area (Å²) in [5, 5.41) is 6.92. The van der Waals surface area contributed by atoms with Gasteiger partial charge in [0.05, 0.1) is 6.54 Å². The maximum atomic E-state index is 5.37. The van der Waals surface area contributed by atoms with E-state index >= 15 is 0 Å². The zero-order chi connectivity index (χ0) is 14.7. The lowest BCUT2D eigenvalue weighted by molar-refractivity contribution is 0.391. The van der Waals surface area contributed by atoms with E-state index in [0.717, 1.165) is 11.5 Å². The van der Waals surface area contributed by atoms with E-state index in [0.29, 0.717) is 18.4 Å². The van der Waals surface area contributed by atoms with Gasteiger partial charge in [-0.15, -0.1) is 0 Å². The minimum absolute atomic E-state index is 0.243. The van der Waals surface area contributed by atoms with Gasteiger partial charge in [-0.25, -0.2) is 10.8 Å². The molecule has 10 nitrogen and oxygen atoms in total. The number of nitrogens with one attached hydrogen (secondary N) is 2. The van der Waals surface area contributed by atoms with Gasteiger partial charge >= 0.3 is 0 Å². The summed E-state index contributed by atoms with van der Waals surface area (Å²) < 4.78 is 6.64. The number of nitrogens with zero attached hydrogens (tertiary/aromatic N) is 6. The van der Waals surface area contributed by atoms with E-state index in [4.69, 9.17) is 10.4 Å². The summed E-state index contributed by atoms with van der Waals surface area (Å²) in [5.41, 5.74) is 3.15. The maximum Gasteiger partial charge on any atom is 0.243 e. The van der Waals surface area contributed by atoms with E-state index in [-0.39, 0.29) is 5.95 Å². The van der Waals surface area contributed by atoms with E-state index in [2.05, 4.69) is 35.8 Å². The van der Waals surface area contributed by atoms with Crippen LogP contribution in [0.1, 0.15) is 11.5 Å². The van der Waals surface area contributed by atoms with Gasteiger partial charge in [0.1, 0.15) is 17.8 Å². The molecule has 0 bridgehead atoms. The molecule has 10 heteroatoms. The monoisotopic (exact) mass is 287 g/mol. The van der Waals surface area contributed by atoms with Gasteiger partial charge < -0.3 is 9.84 Å². The standard InChI is InChI=1S/C11H13N9O/c1-7-4-8(19-21-7)5-14-9-15-10(18-12)17-11(16-9)20-3-2-13-6-20/h2-4,6H,5,12H2,1H3,(H2,14,15,16,17,18). The highest BCUT2D eigenvalue weighted by Crippen LogP contribution is 2.10. The van der Waals surface area contributed by atoms with Gasteiger partial charge in [-0.1, -0.05) is 5.16 Å². The Labute approximate surface area is 119 Å². The zero-order valence-corrected chi connectivity index (χ0v) is 11.2. The molecule has 3 aromatic rings. The fourth-order valence-corrected chi connectivity index (χ4v) is 1.67. The van der Waals surface area contributed by atoms with Crippen LogP contribution in [0.5, 0.6) is 0 Å². The molecule has 0 spiro atoms. The summed E-state index contributed by atoms with van der Waals surface area (Å²) in [5.74, 6) is 7.11. The van der Waals surface area contributed by atoms with Gasteiger partial charge in [-0.05, 0) is 6.92 Å². The number of anilines is 2. The molecule has 0 aliphatic carbocycles. The number of aryl methyl sites for hydroxylation is 1. The Kier molecular flexibility index (Phi) is 3.43. The van der Waals surface area contributed by atoms with Crippen LogP contribution in [-0.2, 0) is 6.54 Å². The first kappa shape index (κ1) is 13.0. The largest absolute Gasteiger partial charge is 0.361 e. The molecule has 0 aliphatic rings. The van der Waals surface area contributed by atoms with E-state index < -0.39 is 0 Å². The molecule has 21 heavy (non-hydrogen) atoms. The Bertz CT molecular complexity index is 721. The van der Waals surface area contributed by atoms with Crippen molar-refractivity contribution >= 4 is 11.9 Å². The molecular weight excluding hydrogens is 274 g/mol. The number of rotatable bonds is 5. The number of hydrogen-bond donors (Lipinski definition) is 3. The van der Waals surface area contributed by atoms with E-state index in [9.17, 15) is 0 Å². The highest BCUT2D eigenvalue weighted by molar-refractivity contribution is 5.37. The summed E-state index contributed by atoms with van der Waals surface area (Å²) in [6, 6.07) is 1.83. The number of nitrogen functional groups attached to an aromatic ring is 1. The summed E-state index contributed by atoms with van der Waals surface area (Å²) >= 11 is 0. The van der Waals surface area contributed by atoms with Crippen LogP contribution in [0.25, 0.3) is 5.95 Å². The van der Waals surface area contributed by atoms with Crippen molar-refractivity contribution in [2.24, 2.45) is 5.84 Å². The Morgan fingerprint density at radius 2 is 2.14 bits per heavy atom. The molecule has 3 rings (SSSR count). The van der Waals surface area contributed by atoms with Crippen LogP contribution in [-0.4, -0.2) is 29.7 Å². The topological polar surface area (TPSA) is 133 Å². The van der Waals surface area contributed by atoms with Crippen LogP contribution >= 0.6 is 0 Å². The van der Waals surface area contributed by atoms with Crippen molar-refractivity contribution in [3.8, 4) is 5.95 Å². The van der Waals surface area contributed by atoms with Crippen molar-refractivity contribution in [3.63, 3.8) is 0 Å². The Balaban J connectivity index is 1.82. The van der Waals surface area contributed by atoms with Crippen LogP contribution in [0.4, 0.5) is 11.9 Å². The average Bonchev–Trinajstić information content (AvgIpc) is 3.16. The normalized spacial score (nSPS) is 10.6. The summed E-state index contributed by atoms with van der Waals surface area (Å²) in [4.78, 5) is 16.5. The molecule has 4 N–H and O–H groups in total. The molecule has 3 heterocycles. The number of nitrogens with two attached hydrogens (primary N) is 1. The number of aromatic nitrogens is 6. The highest BCUT2D eigenvalue weighted by atomic mass is 16.5. The molecule has 3 aromatic heterocycles. The van der Waals surface area contributed by atoms with Gasteiger partial charge in [-0.2, -0.15) is 15.0 Å². The van der Waals surface area contributed by atoms with Crippen molar-refractivity contribution in [3.05, 3.63) is 36.2 Å². The first-order valence-electron chi connectivity index (χ1n) is 6.11. The van der Waals surface area contributed by atoms with Gasteiger partial charge in [0.15, 0.2) is 0 Å². The lowest BCUT2D eigenvalue weighted by atomic mass is 10.4. The summed E-state index contributed by atoms with van der Waals surface area (Å²) in [7, 11) is 0. The molecule has 0 unspecified atom stereocenters. The van der Waals surface area contributed by atoms with E-state index in [1.165, 1.54) is 0 Å². The molecule has 108 valence electrons. The lowest BCUT2D eigenvalue weighted by Crippen LogP contribution is -2.15. The predicted molar refractivity (Wildman–Crippen MR) is 73.3 cm³/mol. The molecular formula is C11H13N9O. The second-order valence-electron chi connectivity index (χ2n) is 4.18. The van der Waals surface area contributed by atoms with Crippen molar-refractivity contribution in [1.29, 1.82) is 0 Å². The Hall–Kier alpha value is -3.01. The second kappa shape index (κ2) is 5.54. The molecule has 0 saturated heterocycles. The van der Waals surface area contributed by atoms with Crippen molar-refractivity contribution in [2.75, 3.05) is 10.7 Å². The summed E-state index contributed by atoms with van der Waals surface area (Å²) in [6.07, 6.45) is 4.94. The zero-order valence-electron chi connectivity index (χ0n) is 11.2. The van der Waals surface area contributed by atoms with Crippen molar-refractivity contribution < 1.29 is 4.52 Å². The number of hydrogen-bond acceptors (Lipinski definition) is 9. The first-order chi connectivity index (χ1) is 10.2. The third kappa shape index (κ3) is 2.95. The van der Waals surface area contributed by atoms with Crippen LogP contribution < -0.4 is 16.6 Å². The van der Waals surface area contributed by atoms with Gasteiger partial charge in [0.25, 0.3) is 0 Å². The molecule has 0 aliphatic heterocycles. The van der Waals surface area contributed by atoms with Crippen LogP contribution in [0.3, 0.4) is 0 Å². The maximum absolute atomic E-state index is 5.37.